The van der Waals surface area contributed by atoms with Crippen molar-refractivity contribution in [2.75, 3.05) is 19.1 Å². The van der Waals surface area contributed by atoms with Gasteiger partial charge < -0.3 is 0 Å². The van der Waals surface area contributed by atoms with Crippen LogP contribution in [0.3, 0.4) is 0 Å². The van der Waals surface area contributed by atoms with E-state index in [4.69, 9.17) is 0 Å². The lowest BCUT2D eigenvalue weighted by Gasteiger charge is -2.14. The summed E-state index contributed by atoms with van der Waals surface area (Å²) in [7, 11) is -0.453. The average molecular weight is 269 g/mol. The number of benzene rings is 1. The summed E-state index contributed by atoms with van der Waals surface area (Å²) in [5.74, 6) is 0. The van der Waals surface area contributed by atoms with Crippen LogP contribution in [0.5, 0.6) is 0 Å². The van der Waals surface area contributed by atoms with Gasteiger partial charge in [-0.2, -0.15) is 0 Å². The van der Waals surface area contributed by atoms with Crippen LogP contribution in [-0.2, 0) is 16.4 Å². The van der Waals surface area contributed by atoms with Gasteiger partial charge in [-0.3, -0.25) is 0 Å². The molecule has 0 fully saturated rings. The highest BCUT2D eigenvalue weighted by molar-refractivity contribution is 7.89. The lowest BCUT2D eigenvalue weighted by Crippen LogP contribution is -2.22. The zero-order valence-electron chi connectivity index (χ0n) is 10.5. The normalized spacial score (nSPS) is 19.1. The standard InChI is InChI=1S/C11H15N3O3S/c1-8-6-9-7-10(18(16,17)13(2)3)4-5-11(9)14(8)12-15/h4-5,7-8H,6H2,1-3H3. The van der Waals surface area contributed by atoms with Crippen molar-refractivity contribution in [3.8, 4) is 0 Å². The fourth-order valence-electron chi connectivity index (χ4n) is 2.09. The molecule has 1 aliphatic heterocycles. The molecule has 1 heterocycles. The molecule has 0 saturated heterocycles. The molecule has 2 rings (SSSR count). The van der Waals surface area contributed by atoms with Crippen LogP contribution in [0.1, 0.15) is 12.5 Å². The third-order valence-electron chi connectivity index (χ3n) is 3.10. The molecule has 0 radical (unpaired) electrons. The van der Waals surface area contributed by atoms with Crippen LogP contribution in [0.4, 0.5) is 5.69 Å². The van der Waals surface area contributed by atoms with Crippen LogP contribution < -0.4 is 5.01 Å². The fourth-order valence-corrected chi connectivity index (χ4v) is 3.04. The van der Waals surface area contributed by atoms with E-state index in [-0.39, 0.29) is 10.9 Å². The van der Waals surface area contributed by atoms with Crippen molar-refractivity contribution in [1.82, 2.24) is 4.31 Å². The van der Waals surface area contributed by atoms with Crippen molar-refractivity contribution in [3.05, 3.63) is 28.7 Å². The Labute approximate surface area is 106 Å². The first-order valence-corrected chi connectivity index (χ1v) is 7.00. The van der Waals surface area contributed by atoms with E-state index in [1.54, 1.807) is 12.1 Å². The molecule has 98 valence electrons. The van der Waals surface area contributed by atoms with Crippen molar-refractivity contribution < 1.29 is 8.42 Å². The zero-order valence-corrected chi connectivity index (χ0v) is 11.3. The molecule has 0 N–H and O–H groups in total. The second-order valence-corrected chi connectivity index (χ2v) is 6.71. The van der Waals surface area contributed by atoms with E-state index in [1.165, 1.54) is 29.5 Å². The molecule has 18 heavy (non-hydrogen) atoms. The first-order chi connectivity index (χ1) is 8.37. The van der Waals surface area contributed by atoms with E-state index in [9.17, 15) is 13.3 Å². The second-order valence-electron chi connectivity index (χ2n) is 4.56. The first-order valence-electron chi connectivity index (χ1n) is 5.56. The predicted molar refractivity (Wildman–Crippen MR) is 68.8 cm³/mol. The monoisotopic (exact) mass is 269 g/mol. The topological polar surface area (TPSA) is 70.1 Å². The highest BCUT2D eigenvalue weighted by Gasteiger charge is 2.29. The summed E-state index contributed by atoms with van der Waals surface area (Å²) < 4.78 is 25.2. The SMILES string of the molecule is CC1Cc2cc(S(=O)(=O)N(C)C)ccc2N1N=O. The largest absolute Gasteiger partial charge is 0.242 e. The van der Waals surface area contributed by atoms with Gasteiger partial charge in [0.1, 0.15) is 0 Å². The summed E-state index contributed by atoms with van der Waals surface area (Å²) in [6.07, 6.45) is 0.623. The highest BCUT2D eigenvalue weighted by Crippen LogP contribution is 2.34. The summed E-state index contributed by atoms with van der Waals surface area (Å²) in [4.78, 5) is 11.0. The van der Waals surface area contributed by atoms with Crippen LogP contribution in [-0.4, -0.2) is 32.9 Å². The van der Waals surface area contributed by atoms with Gasteiger partial charge in [-0.05, 0) is 37.1 Å². The Morgan fingerprint density at radius 2 is 2.06 bits per heavy atom. The molecule has 0 aromatic heterocycles. The Morgan fingerprint density at radius 3 is 2.61 bits per heavy atom. The van der Waals surface area contributed by atoms with Gasteiger partial charge in [0.05, 0.1) is 21.9 Å². The quantitative estimate of drug-likeness (QED) is 0.777. The van der Waals surface area contributed by atoms with Crippen LogP contribution >= 0.6 is 0 Å². The Hall–Kier alpha value is -1.47. The third-order valence-corrected chi connectivity index (χ3v) is 4.91. The minimum atomic E-state index is -3.43. The number of fused-ring (bicyclic) bond motifs is 1. The maximum Gasteiger partial charge on any atom is 0.242 e. The van der Waals surface area contributed by atoms with Crippen molar-refractivity contribution >= 4 is 15.7 Å². The smallest absolute Gasteiger partial charge is 0.226 e. The second kappa shape index (κ2) is 4.33. The van der Waals surface area contributed by atoms with Gasteiger partial charge in [0, 0.05) is 14.1 Å². The minimum Gasteiger partial charge on any atom is -0.226 e. The van der Waals surface area contributed by atoms with Gasteiger partial charge >= 0.3 is 0 Å². The van der Waals surface area contributed by atoms with E-state index >= 15 is 0 Å². The Bertz CT molecular complexity index is 583. The first kappa shape index (κ1) is 13.0. The summed E-state index contributed by atoms with van der Waals surface area (Å²) in [5.41, 5.74) is 1.53. The van der Waals surface area contributed by atoms with Gasteiger partial charge in [-0.1, -0.05) is 0 Å². The molecule has 1 aromatic rings. The number of rotatable bonds is 3. The molecule has 0 aliphatic carbocycles. The van der Waals surface area contributed by atoms with E-state index in [2.05, 4.69) is 5.29 Å². The fraction of sp³-hybridized carbons (Fsp3) is 0.455. The molecule has 0 amide bonds. The average Bonchev–Trinajstić information content (AvgIpc) is 2.62. The molecule has 1 unspecified atom stereocenters. The summed E-state index contributed by atoms with van der Waals surface area (Å²) in [6.45, 7) is 1.88. The number of hydrogen-bond acceptors (Lipinski definition) is 4. The van der Waals surface area contributed by atoms with Crippen LogP contribution in [0.15, 0.2) is 28.4 Å². The van der Waals surface area contributed by atoms with Gasteiger partial charge in [-0.25, -0.2) is 17.7 Å². The van der Waals surface area contributed by atoms with E-state index in [1.807, 2.05) is 6.92 Å². The van der Waals surface area contributed by atoms with Crippen LogP contribution in [0, 0.1) is 4.91 Å². The minimum absolute atomic E-state index is 0.0326. The molecule has 1 atom stereocenters. The van der Waals surface area contributed by atoms with Crippen LogP contribution in [0.25, 0.3) is 0 Å². The van der Waals surface area contributed by atoms with Crippen molar-refractivity contribution in [2.24, 2.45) is 5.29 Å². The Balaban J connectivity index is 2.49. The molecular formula is C11H15N3O3S. The van der Waals surface area contributed by atoms with E-state index in [0.717, 1.165) is 5.56 Å². The maximum atomic E-state index is 12.0. The lowest BCUT2D eigenvalue weighted by atomic mass is 10.1. The van der Waals surface area contributed by atoms with Crippen LogP contribution in [0.2, 0.25) is 0 Å². The summed E-state index contributed by atoms with van der Waals surface area (Å²) >= 11 is 0. The Morgan fingerprint density at radius 1 is 1.39 bits per heavy atom. The molecular weight excluding hydrogens is 254 g/mol. The van der Waals surface area contributed by atoms with E-state index < -0.39 is 10.0 Å². The number of sulfonamides is 1. The molecule has 6 nitrogen and oxygen atoms in total. The van der Waals surface area contributed by atoms with Crippen molar-refractivity contribution in [2.45, 2.75) is 24.3 Å². The molecule has 7 heteroatoms. The summed E-state index contributed by atoms with van der Waals surface area (Å²) in [6, 6.07) is 4.72. The zero-order chi connectivity index (χ0) is 13.5. The molecule has 0 bridgehead atoms. The van der Waals surface area contributed by atoms with Crippen molar-refractivity contribution in [1.29, 1.82) is 0 Å². The molecule has 0 spiro atoms. The predicted octanol–water partition coefficient (Wildman–Crippen LogP) is 1.37. The third kappa shape index (κ3) is 1.89. The van der Waals surface area contributed by atoms with Gasteiger partial charge in [0.15, 0.2) is 0 Å². The maximum absolute atomic E-state index is 12.0. The number of nitrogens with zero attached hydrogens (tertiary/aromatic N) is 3. The number of anilines is 1. The number of nitroso groups, excluding NO2 is 1. The van der Waals surface area contributed by atoms with Gasteiger partial charge in [0.2, 0.25) is 10.0 Å². The van der Waals surface area contributed by atoms with Gasteiger partial charge in [0.25, 0.3) is 0 Å². The molecule has 1 aliphatic rings. The highest BCUT2D eigenvalue weighted by atomic mass is 32.2. The molecule has 1 aromatic carbocycles. The molecule has 0 saturated carbocycles. The van der Waals surface area contributed by atoms with E-state index in [0.29, 0.717) is 12.1 Å². The lowest BCUT2D eigenvalue weighted by molar-refractivity contribution is 0.520. The van der Waals surface area contributed by atoms with Gasteiger partial charge in [-0.15, -0.1) is 4.91 Å². The Kier molecular flexibility index (Phi) is 3.12. The van der Waals surface area contributed by atoms with Crippen molar-refractivity contribution in [3.63, 3.8) is 0 Å². The number of hydrogen-bond donors (Lipinski definition) is 0. The summed E-state index contributed by atoms with van der Waals surface area (Å²) in [5, 5.41) is 4.34.